The first-order valence-electron chi connectivity index (χ1n) is 37.8. The van der Waals surface area contributed by atoms with Gasteiger partial charge in [0.15, 0.2) is 17.3 Å². The second-order valence-corrected chi connectivity index (χ2v) is 27.6. The Hall–Kier alpha value is -4.48. The summed E-state index contributed by atoms with van der Waals surface area (Å²) in [5.41, 5.74) is 1.33. The molecule has 90 heavy (non-hydrogen) atoms. The van der Waals surface area contributed by atoms with Crippen molar-refractivity contribution in [1.29, 1.82) is 0 Å². The molecule has 0 saturated heterocycles. The first-order chi connectivity index (χ1) is 43.8. The summed E-state index contributed by atoms with van der Waals surface area (Å²) in [5.74, 6) is 1.17. The molecule has 0 unspecified atom stereocenters. The number of aromatic nitrogens is 3. The van der Waals surface area contributed by atoms with Crippen LogP contribution in [0.15, 0.2) is 30.6 Å². The van der Waals surface area contributed by atoms with E-state index in [0.717, 1.165) is 44.1 Å². The number of esters is 1. The van der Waals surface area contributed by atoms with Crippen LogP contribution in [0.5, 0.6) is 17.2 Å². The molecular weight excluding hydrogens is 1120 g/mol. The standard InChI is InChI=1S/C78H136N4O8/c1-9-12-15-18-21-24-27-30-33-36-39-42-45-48-51-54-57-86-72-60-67(66-89-76(84)75-79-69(65-82(75)8)63-71(83)70-62-68(64-81(70)7)80-77(85)90-78(4,5)6)61-73(87-58-55-52-49-46-43-40-37-34-31-28-25-22-19-16-13-10-2)74(72)88-59-56-53-50-47-44-41-38-35-32-29-26-23-20-17-14-11-3/h60-62,64-65H,9-59,63,66H2,1-8H3,(H,80,85). The van der Waals surface area contributed by atoms with Crippen LogP contribution in [0.2, 0.25) is 0 Å². The summed E-state index contributed by atoms with van der Waals surface area (Å²) in [6, 6.07) is 5.53. The van der Waals surface area contributed by atoms with Crippen LogP contribution >= 0.6 is 0 Å². The highest BCUT2D eigenvalue weighted by atomic mass is 16.6. The molecular formula is C78H136N4O8. The summed E-state index contributed by atoms with van der Waals surface area (Å²) in [7, 11) is 3.47. The Morgan fingerprint density at radius 1 is 0.433 bits per heavy atom. The van der Waals surface area contributed by atoms with Gasteiger partial charge >= 0.3 is 12.1 Å². The third-order valence-electron chi connectivity index (χ3n) is 17.6. The average Bonchev–Trinajstić information content (AvgIpc) is 2.41. The number of nitrogens with zero attached hydrogens (tertiary/aromatic N) is 3. The van der Waals surface area contributed by atoms with E-state index in [9.17, 15) is 14.4 Å². The van der Waals surface area contributed by atoms with Crippen LogP contribution in [0.25, 0.3) is 0 Å². The number of carbonyl (C=O) groups is 3. The molecule has 0 spiro atoms. The number of hydrogen-bond acceptors (Lipinski definition) is 9. The van der Waals surface area contributed by atoms with Gasteiger partial charge < -0.3 is 32.8 Å². The molecule has 0 aliphatic carbocycles. The van der Waals surface area contributed by atoms with Gasteiger partial charge in [-0.1, -0.05) is 310 Å². The monoisotopic (exact) mass is 1260 g/mol. The molecule has 0 aliphatic heterocycles. The molecule has 0 fully saturated rings. The first kappa shape index (κ1) is 79.8. The Morgan fingerprint density at radius 2 is 0.767 bits per heavy atom. The largest absolute Gasteiger partial charge is 0.490 e. The molecule has 0 aliphatic rings. The summed E-state index contributed by atoms with van der Waals surface area (Å²) < 4.78 is 34.7. The smallest absolute Gasteiger partial charge is 0.412 e. The molecule has 2 heterocycles. The number of benzene rings is 1. The van der Waals surface area contributed by atoms with E-state index >= 15 is 0 Å². The van der Waals surface area contributed by atoms with E-state index in [4.69, 9.17) is 23.7 Å². The molecule has 3 aromatic rings. The van der Waals surface area contributed by atoms with Crippen molar-refractivity contribution < 1.29 is 38.1 Å². The number of imidazole rings is 1. The normalized spacial score (nSPS) is 11.6. The van der Waals surface area contributed by atoms with E-state index in [1.807, 2.05) is 12.1 Å². The van der Waals surface area contributed by atoms with Crippen LogP contribution in [0.4, 0.5) is 10.5 Å². The van der Waals surface area contributed by atoms with E-state index < -0.39 is 17.7 Å². The predicted octanol–water partition coefficient (Wildman–Crippen LogP) is 23.8. The van der Waals surface area contributed by atoms with Crippen molar-refractivity contribution >= 4 is 23.5 Å². The van der Waals surface area contributed by atoms with Gasteiger partial charge in [0.1, 0.15) is 12.2 Å². The molecule has 0 atom stereocenters. The van der Waals surface area contributed by atoms with Crippen molar-refractivity contribution in [3.05, 3.63) is 53.4 Å². The van der Waals surface area contributed by atoms with Crippen molar-refractivity contribution in [2.75, 3.05) is 25.1 Å². The fraction of sp³-hybridized carbons (Fsp3) is 0.795. The average molecular weight is 1260 g/mol. The third kappa shape index (κ3) is 40.5. The quantitative estimate of drug-likeness (QED) is 0.0333. The minimum Gasteiger partial charge on any atom is -0.490 e. The summed E-state index contributed by atoms with van der Waals surface area (Å²) in [5, 5.41) is 2.70. The highest BCUT2D eigenvalue weighted by Gasteiger charge is 2.23. The van der Waals surface area contributed by atoms with Gasteiger partial charge in [0.2, 0.25) is 11.6 Å². The lowest BCUT2D eigenvalue weighted by molar-refractivity contribution is 0.0452. The van der Waals surface area contributed by atoms with Crippen LogP contribution in [0.1, 0.15) is 382 Å². The summed E-state index contributed by atoms with van der Waals surface area (Å²) in [6.45, 7) is 13.9. The lowest BCUT2D eigenvalue weighted by Crippen LogP contribution is -2.27. The van der Waals surface area contributed by atoms with Crippen LogP contribution in [0.3, 0.4) is 0 Å². The number of rotatable bonds is 61. The number of anilines is 1. The van der Waals surface area contributed by atoms with E-state index in [0.29, 0.717) is 54.1 Å². The maximum absolute atomic E-state index is 13.8. The Kier molecular flexibility index (Phi) is 46.9. The number of aryl methyl sites for hydroxylation is 2. The number of carbonyl (C=O) groups excluding carboxylic acids is 3. The number of Topliss-reactive ketones (excluding diaryl/α,β-unsaturated/α-hetero) is 1. The van der Waals surface area contributed by atoms with E-state index in [2.05, 4.69) is 31.1 Å². The minimum absolute atomic E-state index is 0.0268. The molecule has 1 aromatic carbocycles. The van der Waals surface area contributed by atoms with Crippen LogP contribution in [-0.2, 0) is 36.6 Å². The number of unbranched alkanes of at least 4 members (excludes halogenated alkanes) is 45. The SMILES string of the molecule is CCCCCCCCCCCCCCCCCCOc1cc(COC(=O)c2nc(CC(=O)c3cc(NC(=O)OC(C)(C)C)cn3C)cn2C)cc(OCCCCCCCCCCCCCCCCCC)c1OCCCCCCCCCCCCCCCCCC. The summed E-state index contributed by atoms with van der Waals surface area (Å²) >= 11 is 0. The molecule has 2 aromatic heterocycles. The van der Waals surface area contributed by atoms with Gasteiger partial charge in [0.05, 0.1) is 43.3 Å². The molecule has 0 saturated carbocycles. The molecule has 12 nitrogen and oxygen atoms in total. The van der Waals surface area contributed by atoms with Crippen LogP contribution < -0.4 is 19.5 Å². The Bertz CT molecular complexity index is 2190. The molecule has 3 rings (SSSR count). The lowest BCUT2D eigenvalue weighted by atomic mass is 10.0. The van der Waals surface area contributed by atoms with Gasteiger partial charge in [-0.3, -0.25) is 10.1 Å². The lowest BCUT2D eigenvalue weighted by Gasteiger charge is -2.19. The van der Waals surface area contributed by atoms with Crippen LogP contribution in [0, 0.1) is 0 Å². The maximum atomic E-state index is 13.8. The van der Waals surface area contributed by atoms with E-state index in [-0.39, 0.29) is 24.6 Å². The van der Waals surface area contributed by atoms with Crippen LogP contribution in [-0.4, -0.2) is 57.4 Å². The van der Waals surface area contributed by atoms with E-state index in [1.54, 1.807) is 62.5 Å². The summed E-state index contributed by atoms with van der Waals surface area (Å²) in [6.07, 6.45) is 65.8. The van der Waals surface area contributed by atoms with E-state index in [1.165, 1.54) is 270 Å². The number of hydrogen-bond donors (Lipinski definition) is 1. The molecule has 1 N–H and O–H groups in total. The number of ether oxygens (including phenoxy) is 5. The van der Waals surface area contributed by atoms with Gasteiger partial charge in [-0.2, -0.15) is 0 Å². The van der Waals surface area contributed by atoms with Gasteiger partial charge in [-0.15, -0.1) is 0 Å². The van der Waals surface area contributed by atoms with Crippen molar-refractivity contribution in [2.45, 2.75) is 368 Å². The van der Waals surface area contributed by atoms with Gasteiger partial charge in [0.25, 0.3) is 0 Å². The Labute approximate surface area is 551 Å². The molecule has 1 amide bonds. The zero-order valence-electron chi connectivity index (χ0n) is 59.5. The fourth-order valence-electron chi connectivity index (χ4n) is 12.2. The molecule has 0 radical (unpaired) electrons. The molecule has 12 heteroatoms. The first-order valence-corrected chi connectivity index (χ1v) is 37.8. The predicted molar refractivity (Wildman–Crippen MR) is 377 cm³/mol. The third-order valence-corrected chi connectivity index (χ3v) is 17.6. The highest BCUT2D eigenvalue weighted by molar-refractivity contribution is 5.98. The Balaban J connectivity index is 1.65. The zero-order chi connectivity index (χ0) is 65.0. The topological polar surface area (TPSA) is 132 Å². The number of amides is 1. The van der Waals surface area contributed by atoms with Gasteiger partial charge in [-0.05, 0) is 63.8 Å². The fourth-order valence-corrected chi connectivity index (χ4v) is 12.2. The second-order valence-electron chi connectivity index (χ2n) is 27.6. The zero-order valence-corrected chi connectivity index (χ0v) is 59.5. The summed E-state index contributed by atoms with van der Waals surface area (Å²) in [4.78, 5) is 44.4. The Morgan fingerprint density at radius 3 is 1.11 bits per heavy atom. The second kappa shape index (κ2) is 53.0. The van der Waals surface area contributed by atoms with Gasteiger partial charge in [0, 0.05) is 26.5 Å². The minimum atomic E-state index is -0.663. The highest BCUT2D eigenvalue weighted by Crippen LogP contribution is 2.40. The van der Waals surface area contributed by atoms with Crippen molar-refractivity contribution in [2.24, 2.45) is 14.1 Å². The maximum Gasteiger partial charge on any atom is 0.412 e. The molecule has 0 bridgehead atoms. The van der Waals surface area contributed by atoms with Crippen molar-refractivity contribution in [1.82, 2.24) is 14.1 Å². The molecule has 516 valence electrons. The number of ketones is 1. The number of nitrogens with one attached hydrogen (secondary N) is 1. The van der Waals surface area contributed by atoms with Crippen molar-refractivity contribution in [3.63, 3.8) is 0 Å². The van der Waals surface area contributed by atoms with Crippen molar-refractivity contribution in [3.8, 4) is 17.2 Å². The van der Waals surface area contributed by atoms with Gasteiger partial charge in [-0.25, -0.2) is 14.6 Å².